The summed E-state index contributed by atoms with van der Waals surface area (Å²) in [6.45, 7) is 9.35. The Labute approximate surface area is 182 Å². The number of nitrogens with two attached hydrogens (primary N) is 1. The molecular weight excluding hydrogens is 394 g/mol. The van der Waals surface area contributed by atoms with E-state index in [0.717, 1.165) is 18.2 Å². The van der Waals surface area contributed by atoms with E-state index in [0.29, 0.717) is 23.5 Å². The molecule has 31 heavy (non-hydrogen) atoms. The molecule has 0 bridgehead atoms. The maximum atomic E-state index is 11.4. The van der Waals surface area contributed by atoms with Gasteiger partial charge in [-0.3, -0.25) is 0 Å². The average molecular weight is 428 g/mol. The molecule has 4 N–H and O–H groups in total. The Morgan fingerprint density at radius 1 is 1.29 bits per heavy atom. The molecule has 0 aliphatic heterocycles. The lowest BCUT2D eigenvalue weighted by atomic mass is 9.80. The lowest BCUT2D eigenvalue weighted by Gasteiger charge is -2.35. The van der Waals surface area contributed by atoms with Gasteiger partial charge in [0.15, 0.2) is 11.6 Å². The first-order valence-electron chi connectivity index (χ1n) is 11.3. The number of hydrogen-bond acceptors (Lipinski definition) is 8. The molecule has 168 valence electrons. The number of nitrogen functional groups attached to an aromatic ring is 1. The second-order valence-corrected chi connectivity index (χ2v) is 9.13. The van der Waals surface area contributed by atoms with Gasteiger partial charge >= 0.3 is 5.76 Å². The van der Waals surface area contributed by atoms with Crippen LogP contribution in [0.25, 0.3) is 11.7 Å². The molecule has 0 spiro atoms. The zero-order valence-electron chi connectivity index (χ0n) is 18.4. The number of nitrogens with one attached hydrogen (secondary N) is 2. The van der Waals surface area contributed by atoms with Crippen molar-refractivity contribution in [2.75, 3.05) is 22.5 Å². The third-order valence-corrected chi connectivity index (χ3v) is 6.86. The Hall–Kier alpha value is -2.84. The summed E-state index contributed by atoms with van der Waals surface area (Å²) in [5.74, 6) is 2.46. The van der Waals surface area contributed by atoms with Gasteiger partial charge in [0.1, 0.15) is 5.69 Å². The molecule has 4 rings (SSSR count). The molecule has 1 atom stereocenters. The van der Waals surface area contributed by atoms with Crippen molar-refractivity contribution in [1.82, 2.24) is 20.2 Å². The molecule has 9 nitrogen and oxygen atoms in total. The van der Waals surface area contributed by atoms with Crippen molar-refractivity contribution in [2.45, 2.75) is 64.8 Å². The molecule has 2 aliphatic carbocycles. The first kappa shape index (κ1) is 21.4. The van der Waals surface area contributed by atoms with Crippen molar-refractivity contribution in [1.29, 1.82) is 0 Å². The maximum Gasteiger partial charge on any atom is 0.434 e. The molecule has 2 aliphatic rings. The fourth-order valence-electron chi connectivity index (χ4n) is 4.60. The summed E-state index contributed by atoms with van der Waals surface area (Å²) in [7, 11) is 0. The van der Waals surface area contributed by atoms with Crippen LogP contribution >= 0.6 is 0 Å². The number of rotatable bonds is 8. The molecule has 2 aromatic rings. The summed E-state index contributed by atoms with van der Waals surface area (Å²) in [4.78, 5) is 22.5. The monoisotopic (exact) mass is 427 g/mol. The van der Waals surface area contributed by atoms with E-state index >= 15 is 0 Å². The quantitative estimate of drug-likeness (QED) is 0.581. The Balaban J connectivity index is 1.66. The van der Waals surface area contributed by atoms with E-state index in [2.05, 4.69) is 50.8 Å². The lowest BCUT2D eigenvalue weighted by molar-refractivity contribution is 0.284. The van der Waals surface area contributed by atoms with Crippen molar-refractivity contribution in [3.8, 4) is 11.7 Å². The van der Waals surface area contributed by atoms with Crippen LogP contribution in [-0.4, -0.2) is 32.8 Å². The number of H-pyrrole nitrogens is 1. The van der Waals surface area contributed by atoms with E-state index in [9.17, 15) is 4.79 Å². The highest BCUT2D eigenvalue weighted by molar-refractivity contribution is 5.79. The molecular formula is C22H33N7O2. The van der Waals surface area contributed by atoms with Crippen molar-refractivity contribution in [3.63, 3.8) is 0 Å². The molecule has 2 fully saturated rings. The fraction of sp³-hybridized carbons (Fsp3) is 0.636. The molecule has 0 saturated heterocycles. The largest absolute Gasteiger partial charge is 0.434 e. The van der Waals surface area contributed by atoms with Crippen LogP contribution in [0.4, 0.5) is 17.3 Å². The van der Waals surface area contributed by atoms with Gasteiger partial charge in [0, 0.05) is 12.6 Å². The Bertz CT molecular complexity index is 957. The second-order valence-electron chi connectivity index (χ2n) is 9.13. The highest BCUT2D eigenvalue weighted by Crippen LogP contribution is 2.37. The molecule has 2 aromatic heterocycles. The average Bonchev–Trinajstić information content (AvgIpc) is 3.13. The summed E-state index contributed by atoms with van der Waals surface area (Å²) < 4.78 is 5.06. The van der Waals surface area contributed by atoms with Gasteiger partial charge in [-0.15, -0.1) is 5.10 Å². The minimum atomic E-state index is -0.655. The third-order valence-electron chi connectivity index (χ3n) is 6.86. The minimum Gasteiger partial charge on any atom is -0.384 e. The minimum absolute atomic E-state index is 0.0222. The van der Waals surface area contributed by atoms with E-state index in [4.69, 9.17) is 10.2 Å². The smallest absolute Gasteiger partial charge is 0.384 e. The van der Waals surface area contributed by atoms with Crippen molar-refractivity contribution in [3.05, 3.63) is 23.3 Å². The number of aromatic amines is 1. The maximum absolute atomic E-state index is 11.4. The van der Waals surface area contributed by atoms with Crippen LogP contribution in [0.15, 0.2) is 22.0 Å². The van der Waals surface area contributed by atoms with E-state index in [1.165, 1.54) is 44.9 Å². The standard InChI is InChI=1S/C22H33N7O2/c1-4-29(12-15-10-8-13(2)9-11-15)17-18(23)25-20(21-27-28-22(30)31-21)26-19(17)24-14(3)16-6-5-7-16/h4,13-16H,1,5-12H2,2-3H3,(H,28,30)(H3,23,24,25,26)/t13?,14-,15?/m1/s1. The van der Waals surface area contributed by atoms with Gasteiger partial charge in [-0.25, -0.2) is 19.9 Å². The summed E-state index contributed by atoms with van der Waals surface area (Å²) in [5, 5.41) is 9.66. The van der Waals surface area contributed by atoms with E-state index < -0.39 is 5.76 Å². The van der Waals surface area contributed by atoms with Crippen LogP contribution in [0, 0.1) is 17.8 Å². The normalized spacial score (nSPS) is 22.5. The number of hydrogen-bond donors (Lipinski definition) is 3. The summed E-state index contributed by atoms with van der Waals surface area (Å²) in [5.41, 5.74) is 7.15. The fourth-order valence-corrected chi connectivity index (χ4v) is 4.60. The number of nitrogens with zero attached hydrogens (tertiary/aromatic N) is 4. The van der Waals surface area contributed by atoms with Crippen LogP contribution in [-0.2, 0) is 0 Å². The number of aromatic nitrogens is 4. The molecule has 2 saturated carbocycles. The summed E-state index contributed by atoms with van der Waals surface area (Å²) >= 11 is 0. The van der Waals surface area contributed by atoms with Gasteiger partial charge in [-0.05, 0) is 56.6 Å². The Morgan fingerprint density at radius 3 is 2.61 bits per heavy atom. The van der Waals surface area contributed by atoms with Crippen LogP contribution in [0.2, 0.25) is 0 Å². The van der Waals surface area contributed by atoms with Crippen LogP contribution < -0.4 is 21.7 Å². The van der Waals surface area contributed by atoms with Gasteiger partial charge < -0.3 is 20.4 Å². The molecule has 0 unspecified atom stereocenters. The van der Waals surface area contributed by atoms with Crippen molar-refractivity contribution < 1.29 is 4.42 Å². The van der Waals surface area contributed by atoms with E-state index in [1.807, 2.05) is 0 Å². The molecule has 9 heteroatoms. The summed E-state index contributed by atoms with van der Waals surface area (Å²) in [6.07, 6.45) is 10.4. The van der Waals surface area contributed by atoms with Gasteiger partial charge in [0.25, 0.3) is 5.89 Å². The molecule has 0 radical (unpaired) electrons. The van der Waals surface area contributed by atoms with Gasteiger partial charge in [0.05, 0.1) is 0 Å². The summed E-state index contributed by atoms with van der Waals surface area (Å²) in [6, 6.07) is 0.239. The van der Waals surface area contributed by atoms with Crippen LogP contribution in [0.5, 0.6) is 0 Å². The Kier molecular flexibility index (Phi) is 6.29. The van der Waals surface area contributed by atoms with Gasteiger partial charge in [-0.2, -0.15) is 0 Å². The van der Waals surface area contributed by atoms with Crippen LogP contribution in [0.3, 0.4) is 0 Å². The van der Waals surface area contributed by atoms with E-state index in [1.54, 1.807) is 6.20 Å². The van der Waals surface area contributed by atoms with Gasteiger partial charge in [0.2, 0.25) is 5.82 Å². The lowest BCUT2D eigenvalue weighted by Crippen LogP contribution is -2.33. The highest BCUT2D eigenvalue weighted by atomic mass is 16.4. The van der Waals surface area contributed by atoms with Gasteiger partial charge in [-0.1, -0.05) is 32.8 Å². The number of anilines is 3. The van der Waals surface area contributed by atoms with Crippen LogP contribution in [0.1, 0.15) is 58.8 Å². The Morgan fingerprint density at radius 2 is 2.03 bits per heavy atom. The SMILES string of the molecule is C=CN(CC1CCC(C)CC1)c1c(N)nc(-c2n[nH]c(=O)o2)nc1N[C@H](C)C1CCC1. The molecule has 0 amide bonds. The first-order chi connectivity index (χ1) is 14.9. The molecule has 0 aromatic carbocycles. The predicted molar refractivity (Wildman–Crippen MR) is 122 cm³/mol. The third kappa shape index (κ3) is 4.75. The molecule has 2 heterocycles. The van der Waals surface area contributed by atoms with E-state index in [-0.39, 0.29) is 17.8 Å². The predicted octanol–water partition coefficient (Wildman–Crippen LogP) is 3.78. The van der Waals surface area contributed by atoms with Crippen molar-refractivity contribution in [2.24, 2.45) is 17.8 Å². The zero-order chi connectivity index (χ0) is 22.0. The van der Waals surface area contributed by atoms with Crippen molar-refractivity contribution >= 4 is 17.3 Å². The highest BCUT2D eigenvalue weighted by Gasteiger charge is 2.28. The topological polar surface area (TPSA) is 126 Å². The second kappa shape index (κ2) is 9.11. The first-order valence-corrected chi connectivity index (χ1v) is 11.3. The zero-order valence-corrected chi connectivity index (χ0v) is 18.4.